The third-order valence-corrected chi connectivity index (χ3v) is 8.40. The molecule has 0 aliphatic carbocycles. The van der Waals surface area contributed by atoms with Crippen molar-refractivity contribution in [2.75, 3.05) is 26.7 Å². The highest BCUT2D eigenvalue weighted by atomic mass is 19.4. The molecule has 2 saturated heterocycles. The van der Waals surface area contributed by atoms with Gasteiger partial charge in [0, 0.05) is 48.1 Å². The molecule has 6 rings (SSSR count). The summed E-state index contributed by atoms with van der Waals surface area (Å²) in [5.41, 5.74) is 12.6. The lowest BCUT2D eigenvalue weighted by Gasteiger charge is -2.48. The maximum atomic E-state index is 13.6. The second kappa shape index (κ2) is 12.0. The van der Waals surface area contributed by atoms with Crippen LogP contribution >= 0.6 is 0 Å². The molecule has 10 nitrogen and oxygen atoms in total. The van der Waals surface area contributed by atoms with Gasteiger partial charge in [0.2, 0.25) is 0 Å². The van der Waals surface area contributed by atoms with E-state index in [1.165, 1.54) is 24.3 Å². The molecule has 0 N–H and O–H groups in total. The molecule has 4 aromatic rings. The van der Waals surface area contributed by atoms with E-state index in [1.54, 1.807) is 12.1 Å². The molecule has 13 heteroatoms. The largest absolute Gasteiger partial charge is 0.496 e. The van der Waals surface area contributed by atoms with Gasteiger partial charge in [-0.3, -0.25) is 9.80 Å². The second-order valence-corrected chi connectivity index (χ2v) is 10.8. The summed E-state index contributed by atoms with van der Waals surface area (Å²) in [6.07, 6.45) is -3.95. The van der Waals surface area contributed by atoms with Gasteiger partial charge < -0.3 is 4.74 Å². The highest BCUT2D eigenvalue weighted by molar-refractivity contribution is 5.44. The zero-order valence-corrected chi connectivity index (χ0v) is 23.4. The fourth-order valence-corrected chi connectivity index (χ4v) is 6.59. The van der Waals surface area contributed by atoms with Crippen LogP contribution in [-0.2, 0) is 12.7 Å². The van der Waals surface area contributed by atoms with E-state index in [2.05, 4.69) is 59.6 Å². The minimum Gasteiger partial charge on any atom is -0.496 e. The first-order chi connectivity index (χ1) is 20.9. The van der Waals surface area contributed by atoms with Gasteiger partial charge in [-0.1, -0.05) is 65.8 Å². The van der Waals surface area contributed by atoms with Gasteiger partial charge in [-0.2, -0.15) is 17.9 Å². The fraction of sp³-hybridized carbons (Fsp3) is 0.367. The van der Waals surface area contributed by atoms with E-state index in [4.69, 9.17) is 4.74 Å². The zero-order valence-electron chi connectivity index (χ0n) is 23.4. The second-order valence-electron chi connectivity index (χ2n) is 10.8. The molecule has 2 aliphatic rings. The van der Waals surface area contributed by atoms with Gasteiger partial charge in [0.15, 0.2) is 0 Å². The van der Waals surface area contributed by atoms with E-state index in [-0.39, 0.29) is 29.7 Å². The van der Waals surface area contributed by atoms with Crippen LogP contribution in [0.5, 0.6) is 5.75 Å². The van der Waals surface area contributed by atoms with Crippen molar-refractivity contribution in [1.29, 1.82) is 0 Å². The summed E-state index contributed by atoms with van der Waals surface area (Å²) < 4.78 is 47.0. The lowest BCUT2D eigenvalue weighted by molar-refractivity contribution is -0.146. The Morgan fingerprint density at radius 2 is 1.72 bits per heavy atom. The average Bonchev–Trinajstić information content (AvgIpc) is 3.67. The van der Waals surface area contributed by atoms with E-state index in [0.29, 0.717) is 35.6 Å². The van der Waals surface area contributed by atoms with Crippen LogP contribution in [0, 0.1) is 0 Å². The molecule has 3 aromatic carbocycles. The van der Waals surface area contributed by atoms with E-state index >= 15 is 0 Å². The van der Waals surface area contributed by atoms with Crippen molar-refractivity contribution in [2.45, 2.75) is 43.2 Å². The number of hydrogen-bond acceptors (Lipinski definition) is 7. The first kappa shape index (κ1) is 28.7. The van der Waals surface area contributed by atoms with E-state index in [0.717, 1.165) is 13.0 Å². The number of halogens is 3. The van der Waals surface area contributed by atoms with Crippen molar-refractivity contribution in [3.8, 4) is 11.4 Å². The van der Waals surface area contributed by atoms with Gasteiger partial charge >= 0.3 is 6.18 Å². The van der Waals surface area contributed by atoms with Crippen LogP contribution in [0.2, 0.25) is 0 Å². The molecule has 0 saturated carbocycles. The number of alkyl halides is 3. The monoisotopic (exact) mass is 589 g/mol. The molecule has 3 heterocycles. The number of nitrogens with zero attached hydrogens (tertiary/aromatic N) is 9. The molecule has 0 bridgehead atoms. The molecule has 1 aromatic heterocycles. The molecule has 3 atom stereocenters. The number of methoxy groups -OCH3 is 1. The first-order valence-corrected chi connectivity index (χ1v) is 14.0. The fourth-order valence-electron chi connectivity index (χ4n) is 6.59. The van der Waals surface area contributed by atoms with Crippen LogP contribution < -0.4 is 4.74 Å². The van der Waals surface area contributed by atoms with Gasteiger partial charge in [-0.05, 0) is 58.2 Å². The van der Waals surface area contributed by atoms with Crippen molar-refractivity contribution < 1.29 is 17.9 Å². The summed E-state index contributed by atoms with van der Waals surface area (Å²) in [4.78, 5) is 7.90. The van der Waals surface area contributed by atoms with Gasteiger partial charge in [0.1, 0.15) is 5.75 Å². The summed E-state index contributed by atoms with van der Waals surface area (Å²) >= 11 is 0. The summed E-state index contributed by atoms with van der Waals surface area (Å²) in [7, 11) is 1.53. The number of azide groups is 1. The van der Waals surface area contributed by atoms with Crippen LogP contribution in [0.15, 0.2) is 84.0 Å². The molecule has 2 aliphatic heterocycles. The molecular weight excluding hydrogens is 559 g/mol. The number of tetrazole rings is 1. The molecule has 222 valence electrons. The van der Waals surface area contributed by atoms with Gasteiger partial charge in [0.05, 0.1) is 18.8 Å². The Labute approximate surface area is 246 Å². The normalized spacial score (nSPS) is 21.0. The number of fused-ring (bicyclic) bond motifs is 1. The van der Waals surface area contributed by atoms with Gasteiger partial charge in [-0.25, -0.2) is 0 Å². The zero-order chi connectivity index (χ0) is 30.0. The summed E-state index contributed by atoms with van der Waals surface area (Å²) in [5.74, 6) is -0.611. The first-order valence-electron chi connectivity index (χ1n) is 14.0. The van der Waals surface area contributed by atoms with Crippen molar-refractivity contribution in [2.24, 2.45) is 5.11 Å². The highest BCUT2D eigenvalue weighted by Crippen LogP contribution is 2.39. The van der Waals surface area contributed by atoms with E-state index in [1.807, 2.05) is 36.4 Å². The molecule has 43 heavy (non-hydrogen) atoms. The lowest BCUT2D eigenvalue weighted by atomic mass is 9.82. The van der Waals surface area contributed by atoms with Crippen LogP contribution in [0.4, 0.5) is 13.2 Å². The Kier molecular flexibility index (Phi) is 8.02. The molecule has 0 spiro atoms. The number of hydrogen-bond donors (Lipinski definition) is 0. The Hall–Kier alpha value is -4.45. The lowest BCUT2D eigenvalue weighted by Crippen LogP contribution is -2.59. The Bertz CT molecular complexity index is 1550. The van der Waals surface area contributed by atoms with Gasteiger partial charge in [-0.15, -0.1) is 5.10 Å². The van der Waals surface area contributed by atoms with Crippen molar-refractivity contribution in [3.63, 3.8) is 0 Å². The van der Waals surface area contributed by atoms with Crippen LogP contribution in [0.3, 0.4) is 0 Å². The Morgan fingerprint density at radius 3 is 2.35 bits per heavy atom. The molecule has 0 amide bonds. The van der Waals surface area contributed by atoms with Crippen LogP contribution in [0.25, 0.3) is 16.1 Å². The number of benzene rings is 3. The quantitative estimate of drug-likeness (QED) is 0.154. The van der Waals surface area contributed by atoms with E-state index < -0.39 is 12.0 Å². The molecule has 0 radical (unpaired) electrons. The number of rotatable bonds is 8. The summed E-state index contributed by atoms with van der Waals surface area (Å²) in [6.45, 7) is 2.52. The van der Waals surface area contributed by atoms with Crippen molar-refractivity contribution in [3.05, 3.63) is 112 Å². The van der Waals surface area contributed by atoms with Crippen molar-refractivity contribution in [1.82, 2.24) is 30.0 Å². The predicted molar refractivity (Wildman–Crippen MR) is 153 cm³/mol. The molecule has 0 unspecified atom stereocenters. The number of aromatic nitrogens is 4. The maximum Gasteiger partial charge on any atom is 0.453 e. The SMILES string of the molecule is COc1ccc(-n2nnnc2C(F)(F)F)cc1CN1C[C@@H]2[C@@H](N=[N+]=[N-])CCN2[C@H](C(c2ccccc2)c2ccccc2)C1. The smallest absolute Gasteiger partial charge is 0.453 e. The topological polar surface area (TPSA) is 108 Å². The minimum absolute atomic E-state index is 0.0184. The molecular formula is C30H30F3N9O. The summed E-state index contributed by atoms with van der Waals surface area (Å²) in [5, 5.41) is 14.2. The van der Waals surface area contributed by atoms with E-state index in [9.17, 15) is 18.7 Å². The molecule has 2 fully saturated rings. The number of piperazine rings is 1. The van der Waals surface area contributed by atoms with Gasteiger partial charge in [0.25, 0.3) is 5.82 Å². The number of ether oxygens (including phenoxy) is 1. The average molecular weight is 590 g/mol. The predicted octanol–water partition coefficient (Wildman–Crippen LogP) is 5.46. The maximum absolute atomic E-state index is 13.6. The van der Waals surface area contributed by atoms with Crippen molar-refractivity contribution >= 4 is 0 Å². The third-order valence-electron chi connectivity index (χ3n) is 8.40. The summed E-state index contributed by atoms with van der Waals surface area (Å²) in [6, 6.07) is 25.4. The Balaban J connectivity index is 1.38. The standard InChI is InChI=1S/C30H30F3N9O/c1-43-27-13-12-23(42-29(30(31,32)33)36-38-39-42)16-22(27)17-40-18-25-24(35-37-34)14-15-41(25)26(19-40)28(20-8-4-2-5-9-20)21-10-6-3-7-11-21/h2-13,16,24-26,28H,14-15,17-19H2,1H3/t24-,25+,26-/m0/s1. The highest BCUT2D eigenvalue weighted by Gasteiger charge is 2.46. The van der Waals surface area contributed by atoms with Crippen LogP contribution in [0.1, 0.15) is 34.9 Å². The minimum atomic E-state index is -4.71. The third kappa shape index (κ3) is 5.79. The van der Waals surface area contributed by atoms with Crippen LogP contribution in [-0.4, -0.2) is 74.9 Å². The Morgan fingerprint density at radius 1 is 1.02 bits per heavy atom.